The normalized spacial score (nSPS) is 14.7. The van der Waals surface area contributed by atoms with E-state index in [9.17, 15) is 0 Å². The molecule has 0 bridgehead atoms. The van der Waals surface area contributed by atoms with Crippen LogP contribution in [0.15, 0.2) is 186 Å². The third-order valence-corrected chi connectivity index (χ3v) is 14.5. The van der Waals surface area contributed by atoms with E-state index in [2.05, 4.69) is 185 Å². The fraction of sp³-hybridized carbons (Fsp3) is 0.103. The van der Waals surface area contributed by atoms with Gasteiger partial charge in [-0.1, -0.05) is 141 Å². The highest BCUT2D eigenvalue weighted by Gasteiger charge is 2.47. The van der Waals surface area contributed by atoms with Crippen molar-refractivity contribution in [1.82, 2.24) is 4.57 Å². The number of furan rings is 1. The van der Waals surface area contributed by atoms with Crippen LogP contribution in [0, 0.1) is 0 Å². The zero-order chi connectivity index (χ0) is 39.8. The lowest BCUT2D eigenvalue weighted by Gasteiger charge is -2.36. The number of aromatic nitrogens is 1. The van der Waals surface area contributed by atoms with Gasteiger partial charge in [-0.2, -0.15) is 0 Å². The Bertz CT molecular complexity index is 3650. The molecule has 3 heteroatoms. The van der Waals surface area contributed by atoms with Crippen molar-refractivity contribution in [2.75, 3.05) is 4.90 Å². The molecule has 0 saturated heterocycles. The molecule has 1 spiro atoms. The summed E-state index contributed by atoms with van der Waals surface area (Å²) >= 11 is 0. The fourth-order valence-corrected chi connectivity index (χ4v) is 11.9. The van der Waals surface area contributed by atoms with Crippen molar-refractivity contribution < 1.29 is 4.42 Å². The molecular weight excluding hydrogens is 741 g/mol. The van der Waals surface area contributed by atoms with Crippen molar-refractivity contribution in [2.45, 2.75) is 37.5 Å². The largest absolute Gasteiger partial charge is 0.456 e. The highest BCUT2D eigenvalue weighted by Crippen LogP contribution is 2.62. The van der Waals surface area contributed by atoms with Gasteiger partial charge in [0, 0.05) is 55.1 Å². The van der Waals surface area contributed by atoms with Crippen LogP contribution in [0.2, 0.25) is 0 Å². The third kappa shape index (κ3) is 4.53. The molecule has 1 aliphatic heterocycles. The number of hydrogen-bond acceptors (Lipinski definition) is 2. The molecule has 3 heterocycles. The Hall–Kier alpha value is -7.36. The second-order valence-corrected chi connectivity index (χ2v) is 17.5. The molecule has 1 saturated carbocycles. The van der Waals surface area contributed by atoms with Crippen LogP contribution < -0.4 is 4.90 Å². The first-order valence-electron chi connectivity index (χ1n) is 21.9. The molecule has 1 fully saturated rings. The van der Waals surface area contributed by atoms with Gasteiger partial charge in [-0.05, 0) is 118 Å². The van der Waals surface area contributed by atoms with Crippen molar-refractivity contribution in [3.8, 4) is 39.1 Å². The number of hydrogen-bond donors (Lipinski definition) is 0. The van der Waals surface area contributed by atoms with Gasteiger partial charge < -0.3 is 13.9 Å². The quantitative estimate of drug-likeness (QED) is 0.177. The first kappa shape index (κ1) is 33.5. The number of anilines is 3. The van der Waals surface area contributed by atoms with Gasteiger partial charge in [0.15, 0.2) is 0 Å². The van der Waals surface area contributed by atoms with Gasteiger partial charge in [-0.15, -0.1) is 0 Å². The number of nitrogens with zero attached hydrogens (tertiary/aromatic N) is 2. The van der Waals surface area contributed by atoms with Crippen LogP contribution in [0.5, 0.6) is 0 Å². The maximum absolute atomic E-state index is 6.37. The fourth-order valence-electron chi connectivity index (χ4n) is 11.9. The Balaban J connectivity index is 1.05. The predicted octanol–water partition coefficient (Wildman–Crippen LogP) is 16.2. The van der Waals surface area contributed by atoms with Gasteiger partial charge in [-0.3, -0.25) is 0 Å². The van der Waals surface area contributed by atoms with E-state index in [1.54, 1.807) is 0 Å². The molecular formula is C58H40N2O. The highest BCUT2D eigenvalue weighted by atomic mass is 16.3. The summed E-state index contributed by atoms with van der Waals surface area (Å²) in [4.78, 5) is 2.45. The van der Waals surface area contributed by atoms with Crippen LogP contribution in [0.25, 0.3) is 93.6 Å². The summed E-state index contributed by atoms with van der Waals surface area (Å²) in [5.41, 5.74) is 20.0. The van der Waals surface area contributed by atoms with E-state index in [1.807, 2.05) is 6.07 Å². The minimum atomic E-state index is 0.0559. The Morgan fingerprint density at radius 2 is 1.15 bits per heavy atom. The zero-order valence-electron chi connectivity index (χ0n) is 33.7. The molecule has 0 N–H and O–H groups in total. The third-order valence-electron chi connectivity index (χ3n) is 14.5. The van der Waals surface area contributed by atoms with Gasteiger partial charge in [0.25, 0.3) is 0 Å². The summed E-state index contributed by atoms with van der Waals surface area (Å²) in [6.07, 6.45) is 6.28. The van der Waals surface area contributed by atoms with Crippen molar-refractivity contribution in [2.24, 2.45) is 0 Å². The minimum Gasteiger partial charge on any atom is -0.456 e. The van der Waals surface area contributed by atoms with Crippen LogP contribution in [0.4, 0.5) is 17.1 Å². The lowest BCUT2D eigenvalue weighted by Crippen LogP contribution is -2.28. The Kier molecular flexibility index (Phi) is 6.77. The molecule has 2 aliphatic carbocycles. The smallest absolute Gasteiger partial charge is 0.135 e. The summed E-state index contributed by atoms with van der Waals surface area (Å²) in [6, 6.07) is 67.9. The van der Waals surface area contributed by atoms with Gasteiger partial charge >= 0.3 is 0 Å². The molecule has 9 aromatic carbocycles. The topological polar surface area (TPSA) is 21.3 Å². The van der Waals surface area contributed by atoms with Gasteiger partial charge in [0.2, 0.25) is 0 Å². The van der Waals surface area contributed by atoms with Crippen molar-refractivity contribution in [3.63, 3.8) is 0 Å². The van der Waals surface area contributed by atoms with Crippen LogP contribution in [0.3, 0.4) is 0 Å². The molecule has 0 unspecified atom stereocenters. The second-order valence-electron chi connectivity index (χ2n) is 17.5. The van der Waals surface area contributed by atoms with E-state index in [-0.39, 0.29) is 5.41 Å². The standard InChI is InChI=1S/C58H40N2O/c1-8-31-58(32-9-1)49-22-12-21-45-47-34-39(25-29-52(47)60-51-23-6-4-18-43(51)46-27-28-50(58)56(55(45)49)57(46)60)59(40-26-30-54-48(35-40)44-19-5-7-24-53(44)61-54)38-16-10-15-37(33-38)42-20-11-14-36-13-2-3-17-41(36)42/h2-7,10-30,33-35H,1,8-9,31-32H2. The highest BCUT2D eigenvalue weighted by molar-refractivity contribution is 6.19. The van der Waals surface area contributed by atoms with Gasteiger partial charge in [-0.25, -0.2) is 0 Å². The molecule has 3 aliphatic rings. The van der Waals surface area contributed by atoms with Crippen LogP contribution in [-0.4, -0.2) is 4.57 Å². The van der Waals surface area contributed by atoms with E-state index in [0.717, 1.165) is 39.0 Å². The molecule has 2 aromatic heterocycles. The van der Waals surface area contributed by atoms with Crippen LogP contribution >= 0.6 is 0 Å². The second kappa shape index (κ2) is 12.3. The predicted molar refractivity (Wildman–Crippen MR) is 254 cm³/mol. The molecule has 61 heavy (non-hydrogen) atoms. The van der Waals surface area contributed by atoms with E-state index >= 15 is 0 Å². The Labute approximate surface area is 353 Å². The summed E-state index contributed by atoms with van der Waals surface area (Å²) < 4.78 is 8.97. The molecule has 11 aromatic rings. The van der Waals surface area contributed by atoms with E-state index < -0.39 is 0 Å². The summed E-state index contributed by atoms with van der Waals surface area (Å²) in [7, 11) is 0. The average Bonchev–Trinajstić information content (AvgIpc) is 3.92. The SMILES string of the molecule is c1cc(-c2cccc3ccccc23)cc(N(c2ccc3c(c2)-c2cccc4c2-c2c(ccc5c6ccccc6n-3c25)C42CCCCC2)c2ccc3oc4ccccc4c3c2)c1. The van der Waals surface area contributed by atoms with Crippen LogP contribution in [-0.2, 0) is 5.41 Å². The van der Waals surface area contributed by atoms with E-state index in [1.165, 1.54) is 115 Å². The Morgan fingerprint density at radius 1 is 0.443 bits per heavy atom. The molecule has 288 valence electrons. The van der Waals surface area contributed by atoms with Crippen molar-refractivity contribution >= 4 is 71.6 Å². The summed E-state index contributed by atoms with van der Waals surface area (Å²) in [5, 5.41) is 7.38. The zero-order valence-corrected chi connectivity index (χ0v) is 33.7. The number of rotatable bonds is 4. The van der Waals surface area contributed by atoms with Crippen molar-refractivity contribution in [1.29, 1.82) is 0 Å². The Morgan fingerprint density at radius 3 is 2.08 bits per heavy atom. The van der Waals surface area contributed by atoms with Gasteiger partial charge in [0.05, 0.1) is 16.7 Å². The first-order valence-corrected chi connectivity index (χ1v) is 21.9. The van der Waals surface area contributed by atoms with E-state index in [4.69, 9.17) is 4.42 Å². The van der Waals surface area contributed by atoms with Crippen LogP contribution in [0.1, 0.15) is 43.2 Å². The monoisotopic (exact) mass is 780 g/mol. The lowest BCUT2D eigenvalue weighted by molar-refractivity contribution is 0.353. The molecule has 0 radical (unpaired) electrons. The maximum Gasteiger partial charge on any atom is 0.135 e. The molecule has 0 amide bonds. The maximum atomic E-state index is 6.37. The number of fused-ring (bicyclic) bond motifs is 12. The average molecular weight is 781 g/mol. The minimum absolute atomic E-state index is 0.0559. The molecule has 14 rings (SSSR count). The first-order chi connectivity index (χ1) is 30.2. The lowest BCUT2D eigenvalue weighted by atomic mass is 9.67. The summed E-state index contributed by atoms with van der Waals surface area (Å²) in [5.74, 6) is 0. The number of benzene rings is 9. The summed E-state index contributed by atoms with van der Waals surface area (Å²) in [6.45, 7) is 0. The van der Waals surface area contributed by atoms with E-state index in [0.29, 0.717) is 0 Å². The number of para-hydroxylation sites is 2. The molecule has 0 atom stereocenters. The van der Waals surface area contributed by atoms with Gasteiger partial charge in [0.1, 0.15) is 11.2 Å². The van der Waals surface area contributed by atoms with Crippen molar-refractivity contribution in [3.05, 3.63) is 193 Å². The molecule has 3 nitrogen and oxygen atoms in total.